The Morgan fingerprint density at radius 2 is 0.844 bits per heavy atom. The van der Waals surface area contributed by atoms with Gasteiger partial charge in [0.25, 0.3) is 0 Å². The molecular weight excluding hydrogens is 404 g/mol. The van der Waals surface area contributed by atoms with Gasteiger partial charge >= 0.3 is 0 Å². The number of carbonyl (C=O) groups is 4. The first kappa shape index (κ1) is 32.5. The topological polar surface area (TPSA) is 92.3 Å². The van der Waals surface area contributed by atoms with E-state index < -0.39 is 0 Å². The molecule has 0 aliphatic rings. The van der Waals surface area contributed by atoms with E-state index in [2.05, 4.69) is 10.6 Å². The first-order chi connectivity index (χ1) is 15.2. The first-order valence-corrected chi connectivity index (χ1v) is 12.8. The van der Waals surface area contributed by atoms with Crippen molar-refractivity contribution in [1.82, 2.24) is 10.6 Å². The number of ketones is 2. The molecule has 0 saturated carbocycles. The van der Waals surface area contributed by atoms with Crippen LogP contribution >= 0.6 is 0 Å². The maximum atomic E-state index is 11.7. The number of Topliss-reactive ketones (excluding diaryl/α,β-unsaturated/α-hetero) is 2. The van der Waals surface area contributed by atoms with Gasteiger partial charge in [-0.3, -0.25) is 19.2 Å². The van der Waals surface area contributed by atoms with Gasteiger partial charge in [-0.2, -0.15) is 0 Å². The summed E-state index contributed by atoms with van der Waals surface area (Å²) in [5.41, 5.74) is 0. The quantitative estimate of drug-likeness (QED) is 0.237. The average molecular weight is 459 g/mol. The molecule has 192 valence electrons. The number of nitrogens with one attached hydrogen (secondary N) is 2. The van der Waals surface area contributed by atoms with Crippen LogP contribution in [0.1, 0.15) is 121 Å². The van der Waals surface area contributed by atoms with E-state index in [1.165, 1.54) is 0 Å². The zero-order valence-corrected chi connectivity index (χ0v) is 21.7. The van der Waals surface area contributed by atoms with Gasteiger partial charge in [0.1, 0.15) is 11.6 Å². The van der Waals surface area contributed by atoms with Gasteiger partial charge in [-0.25, -0.2) is 0 Å². The molecule has 0 spiro atoms. The standard InChI is InChI=1S/C24H44N2O4.C2H6.2H2/c1-19(2)21(27)13-7-9-15-23(29)25-17-11-5-6-12-18-26-24(30)16-10-8-14-22(28)20(3)4;1-2;;/h19-20H,5-18H2,1-4H3,(H,25,29)(H,26,30);1-2H3;2*1H. The van der Waals surface area contributed by atoms with Crippen molar-refractivity contribution in [3.05, 3.63) is 0 Å². The molecule has 0 heterocycles. The molecule has 2 N–H and O–H groups in total. The van der Waals surface area contributed by atoms with Crippen LogP contribution in [-0.2, 0) is 19.2 Å². The highest BCUT2D eigenvalue weighted by atomic mass is 16.2. The molecule has 6 heteroatoms. The fourth-order valence-electron chi connectivity index (χ4n) is 2.98. The summed E-state index contributed by atoms with van der Waals surface area (Å²) in [4.78, 5) is 46.5. The predicted octanol–water partition coefficient (Wildman–Crippen LogP) is 5.87. The molecule has 6 nitrogen and oxygen atoms in total. The lowest BCUT2D eigenvalue weighted by atomic mass is 10.0. The summed E-state index contributed by atoms with van der Waals surface area (Å²) >= 11 is 0. The molecule has 0 fully saturated rings. The minimum atomic E-state index is 0. The SMILES string of the molecule is CC.CC(C)C(=O)CCCCC(=O)NCCCCCCNC(=O)CCCCC(=O)C(C)C.[HH].[HH]. The minimum Gasteiger partial charge on any atom is -0.356 e. The Morgan fingerprint density at radius 3 is 1.16 bits per heavy atom. The molecule has 0 aliphatic carbocycles. The van der Waals surface area contributed by atoms with Gasteiger partial charge in [-0.15, -0.1) is 0 Å². The Labute approximate surface area is 200 Å². The molecule has 32 heavy (non-hydrogen) atoms. The van der Waals surface area contributed by atoms with E-state index in [0.717, 1.165) is 51.4 Å². The molecule has 0 atom stereocenters. The Kier molecular flexibility index (Phi) is 22.8. The van der Waals surface area contributed by atoms with E-state index >= 15 is 0 Å². The van der Waals surface area contributed by atoms with E-state index in [1.54, 1.807) is 0 Å². The Bertz CT molecular complexity index is 481. The summed E-state index contributed by atoms with van der Waals surface area (Å²) in [6, 6.07) is 0. The Balaban J connectivity index is -0.00000109. The third-order valence-electron chi connectivity index (χ3n) is 5.19. The molecule has 0 saturated heterocycles. The van der Waals surface area contributed by atoms with Gasteiger partial charge in [0, 0.05) is 53.5 Å². The van der Waals surface area contributed by atoms with E-state index in [1.807, 2.05) is 41.5 Å². The van der Waals surface area contributed by atoms with Crippen molar-refractivity contribution in [3.8, 4) is 0 Å². The lowest BCUT2D eigenvalue weighted by molar-refractivity contribution is -0.123. The van der Waals surface area contributed by atoms with Crippen LogP contribution < -0.4 is 10.6 Å². The number of rotatable bonds is 19. The zero-order chi connectivity index (χ0) is 24.8. The summed E-state index contributed by atoms with van der Waals surface area (Å²) in [6.07, 6.45) is 9.14. The fourth-order valence-corrected chi connectivity index (χ4v) is 2.98. The second-order valence-electron chi connectivity index (χ2n) is 8.77. The summed E-state index contributed by atoms with van der Waals surface area (Å²) in [6.45, 7) is 13.0. The van der Waals surface area contributed by atoms with Crippen LogP contribution in [0.2, 0.25) is 0 Å². The summed E-state index contributed by atoms with van der Waals surface area (Å²) in [7, 11) is 0. The third kappa shape index (κ3) is 21.5. The molecule has 0 aromatic heterocycles. The molecule has 0 rings (SSSR count). The van der Waals surface area contributed by atoms with Crippen LogP contribution in [0.3, 0.4) is 0 Å². The van der Waals surface area contributed by atoms with Crippen LogP contribution in [-0.4, -0.2) is 36.5 Å². The molecule has 2 amide bonds. The van der Waals surface area contributed by atoms with E-state index in [9.17, 15) is 19.2 Å². The Morgan fingerprint density at radius 1 is 0.531 bits per heavy atom. The normalized spacial score (nSPS) is 10.5. The number of carbonyl (C=O) groups excluding carboxylic acids is 4. The highest BCUT2D eigenvalue weighted by molar-refractivity contribution is 5.81. The largest absolute Gasteiger partial charge is 0.356 e. The molecule has 0 aromatic carbocycles. The van der Waals surface area contributed by atoms with Gasteiger partial charge < -0.3 is 10.6 Å². The average Bonchev–Trinajstić information content (AvgIpc) is 2.76. The second-order valence-corrected chi connectivity index (χ2v) is 8.77. The molecule has 0 aromatic rings. The molecule has 0 bridgehead atoms. The summed E-state index contributed by atoms with van der Waals surface area (Å²) < 4.78 is 0. The van der Waals surface area contributed by atoms with Crippen LogP contribution in [0.4, 0.5) is 0 Å². The number of unbranched alkanes of at least 4 members (excludes halogenated alkanes) is 5. The lowest BCUT2D eigenvalue weighted by Gasteiger charge is -2.07. The van der Waals surface area contributed by atoms with Crippen LogP contribution in [0, 0.1) is 11.8 Å². The molecule has 0 aliphatic heterocycles. The van der Waals surface area contributed by atoms with Crippen molar-refractivity contribution in [2.24, 2.45) is 11.8 Å². The van der Waals surface area contributed by atoms with Crippen LogP contribution in [0.15, 0.2) is 0 Å². The van der Waals surface area contributed by atoms with Crippen LogP contribution in [0.25, 0.3) is 0 Å². The molecule has 0 unspecified atom stereocenters. The molecular formula is C26H54N2O4. The van der Waals surface area contributed by atoms with Crippen molar-refractivity contribution in [2.75, 3.05) is 13.1 Å². The zero-order valence-electron chi connectivity index (χ0n) is 21.7. The molecule has 0 radical (unpaired) electrons. The number of hydrogen-bond acceptors (Lipinski definition) is 4. The van der Waals surface area contributed by atoms with Gasteiger partial charge in [0.05, 0.1) is 0 Å². The van der Waals surface area contributed by atoms with Crippen molar-refractivity contribution in [2.45, 2.75) is 119 Å². The van der Waals surface area contributed by atoms with Gasteiger partial charge in [0.2, 0.25) is 11.8 Å². The highest BCUT2D eigenvalue weighted by Crippen LogP contribution is 2.07. The van der Waals surface area contributed by atoms with Crippen molar-refractivity contribution in [3.63, 3.8) is 0 Å². The first-order valence-electron chi connectivity index (χ1n) is 12.8. The fraction of sp³-hybridized carbons (Fsp3) is 0.846. The van der Waals surface area contributed by atoms with Crippen molar-refractivity contribution in [1.29, 1.82) is 0 Å². The maximum absolute atomic E-state index is 11.7. The monoisotopic (exact) mass is 458 g/mol. The summed E-state index contributed by atoms with van der Waals surface area (Å²) in [5, 5.41) is 5.86. The number of amides is 2. The smallest absolute Gasteiger partial charge is 0.219 e. The second kappa shape index (κ2) is 22.5. The van der Waals surface area contributed by atoms with Crippen molar-refractivity contribution < 1.29 is 22.0 Å². The van der Waals surface area contributed by atoms with Gasteiger partial charge in [-0.1, -0.05) is 54.4 Å². The highest BCUT2D eigenvalue weighted by Gasteiger charge is 2.08. The maximum Gasteiger partial charge on any atom is 0.219 e. The lowest BCUT2D eigenvalue weighted by Crippen LogP contribution is -2.25. The third-order valence-corrected chi connectivity index (χ3v) is 5.19. The number of hydrogen-bond donors (Lipinski definition) is 2. The summed E-state index contributed by atoms with van der Waals surface area (Å²) in [5.74, 6) is 0.829. The minimum absolute atomic E-state index is 0. The van der Waals surface area contributed by atoms with E-state index in [-0.39, 0.29) is 38.1 Å². The van der Waals surface area contributed by atoms with Gasteiger partial charge in [-0.05, 0) is 38.5 Å². The van der Waals surface area contributed by atoms with Crippen molar-refractivity contribution >= 4 is 23.4 Å². The van der Waals surface area contributed by atoms with E-state index in [0.29, 0.717) is 38.8 Å². The van der Waals surface area contributed by atoms with E-state index in [4.69, 9.17) is 0 Å². The van der Waals surface area contributed by atoms with Crippen LogP contribution in [0.5, 0.6) is 0 Å². The van der Waals surface area contributed by atoms with Gasteiger partial charge in [0.15, 0.2) is 0 Å². The predicted molar refractivity (Wildman–Crippen MR) is 137 cm³/mol. The Hall–Kier alpha value is -1.72.